The molecule has 6 nitrogen and oxygen atoms in total. The lowest BCUT2D eigenvalue weighted by Crippen LogP contribution is -2.50. The van der Waals surface area contributed by atoms with E-state index in [-0.39, 0.29) is 35.0 Å². The first kappa shape index (κ1) is 26.1. The molecular weight excluding hydrogens is 495 g/mol. The maximum Gasteiger partial charge on any atom is 0.408 e. The van der Waals surface area contributed by atoms with Crippen LogP contribution in [0.25, 0.3) is 22.2 Å². The van der Waals surface area contributed by atoms with Crippen LogP contribution in [0.1, 0.15) is 57.9 Å². The van der Waals surface area contributed by atoms with Crippen LogP contribution in [0.15, 0.2) is 36.4 Å². The van der Waals surface area contributed by atoms with Crippen LogP contribution in [-0.4, -0.2) is 35.2 Å². The summed E-state index contributed by atoms with van der Waals surface area (Å²) in [7, 11) is 0. The van der Waals surface area contributed by atoms with E-state index >= 15 is 0 Å². The Kier molecular flexibility index (Phi) is 6.88. The molecule has 0 bridgehead atoms. The van der Waals surface area contributed by atoms with Gasteiger partial charge >= 0.3 is 6.09 Å². The first-order chi connectivity index (χ1) is 18.0. The van der Waals surface area contributed by atoms with Gasteiger partial charge in [-0.2, -0.15) is 0 Å². The summed E-state index contributed by atoms with van der Waals surface area (Å²) < 4.78 is 47.6. The molecule has 1 atom stereocenters. The van der Waals surface area contributed by atoms with Crippen LogP contribution in [0.2, 0.25) is 0 Å². The molecule has 2 amide bonds. The fraction of sp³-hybridized carbons (Fsp3) is 0.448. The lowest BCUT2D eigenvalue weighted by Gasteiger charge is -2.36. The second-order valence-electron chi connectivity index (χ2n) is 11.5. The molecule has 0 aliphatic heterocycles. The number of nitrogens with one attached hydrogen (secondary N) is 3. The highest BCUT2D eigenvalue weighted by Gasteiger charge is 2.39. The SMILES string of the molecule is CC(C)(C)OC(=O)N[C@@H](C(=O)NC[C@H]1C[C@H](c2c(-c3ccc(F)cc3)[nH]c3c(F)cc(F)cc32)C1)C1CC1. The van der Waals surface area contributed by atoms with Gasteiger partial charge in [0, 0.05) is 18.0 Å². The summed E-state index contributed by atoms with van der Waals surface area (Å²) in [6.45, 7) is 5.74. The summed E-state index contributed by atoms with van der Waals surface area (Å²) in [5.41, 5.74) is 1.70. The van der Waals surface area contributed by atoms with E-state index in [1.807, 2.05) is 0 Å². The third-order valence-corrected chi connectivity index (χ3v) is 7.25. The second-order valence-corrected chi connectivity index (χ2v) is 11.5. The Labute approximate surface area is 219 Å². The number of carbonyl (C=O) groups is 2. The molecule has 38 heavy (non-hydrogen) atoms. The Balaban J connectivity index is 1.27. The van der Waals surface area contributed by atoms with Gasteiger partial charge in [-0.1, -0.05) is 0 Å². The highest BCUT2D eigenvalue weighted by Crippen LogP contribution is 2.48. The average molecular weight is 528 g/mol. The minimum Gasteiger partial charge on any atom is -0.444 e. The molecule has 2 fully saturated rings. The number of hydrogen-bond acceptors (Lipinski definition) is 3. The van der Waals surface area contributed by atoms with Gasteiger partial charge < -0.3 is 20.4 Å². The number of hydrogen-bond donors (Lipinski definition) is 3. The first-order valence-corrected chi connectivity index (χ1v) is 13.0. The Morgan fingerprint density at radius 3 is 2.37 bits per heavy atom. The largest absolute Gasteiger partial charge is 0.444 e. The standard InChI is InChI=1S/C29H32F3N3O3/c1-29(2,3)38-28(37)35-25(17-4-5-17)27(36)33-14-15-10-18(11-15)23-21-12-20(31)13-22(32)26(21)34-24(23)16-6-8-19(30)9-7-16/h6-9,12-13,15,17-18,25,34H,4-5,10-11,14H2,1-3H3,(H,33,36)(H,35,37)/t15-,18-,25-/m1/s1. The summed E-state index contributed by atoms with van der Waals surface area (Å²) in [5, 5.41) is 6.16. The number of ether oxygens (including phenoxy) is 1. The summed E-state index contributed by atoms with van der Waals surface area (Å²) in [6.07, 6.45) is 2.57. The van der Waals surface area contributed by atoms with Gasteiger partial charge in [0.05, 0.1) is 11.2 Å². The number of carbonyl (C=O) groups excluding carboxylic acids is 2. The maximum atomic E-state index is 14.6. The van der Waals surface area contributed by atoms with Crippen molar-refractivity contribution in [3.63, 3.8) is 0 Å². The first-order valence-electron chi connectivity index (χ1n) is 13.0. The predicted octanol–water partition coefficient (Wildman–Crippen LogP) is 6.17. The number of fused-ring (bicyclic) bond motifs is 1. The van der Waals surface area contributed by atoms with E-state index in [0.29, 0.717) is 36.0 Å². The van der Waals surface area contributed by atoms with Crippen LogP contribution >= 0.6 is 0 Å². The van der Waals surface area contributed by atoms with Crippen molar-refractivity contribution in [1.82, 2.24) is 15.6 Å². The molecular formula is C29H32F3N3O3. The van der Waals surface area contributed by atoms with Crippen LogP contribution in [0.5, 0.6) is 0 Å². The van der Waals surface area contributed by atoms with Crippen molar-refractivity contribution in [3.8, 4) is 11.3 Å². The molecule has 0 radical (unpaired) electrons. The molecule has 9 heteroatoms. The fourth-order valence-corrected chi connectivity index (χ4v) is 5.26. The van der Waals surface area contributed by atoms with E-state index in [4.69, 9.17) is 4.74 Å². The number of rotatable bonds is 7. The number of amides is 2. The molecule has 2 saturated carbocycles. The minimum absolute atomic E-state index is 0.0195. The van der Waals surface area contributed by atoms with E-state index in [9.17, 15) is 22.8 Å². The van der Waals surface area contributed by atoms with Gasteiger partial charge in [-0.3, -0.25) is 4.79 Å². The zero-order chi connectivity index (χ0) is 27.2. The fourth-order valence-electron chi connectivity index (χ4n) is 5.26. The lowest BCUT2D eigenvalue weighted by atomic mass is 9.70. The highest BCUT2D eigenvalue weighted by molar-refractivity contribution is 5.92. The van der Waals surface area contributed by atoms with Crippen molar-refractivity contribution < 1.29 is 27.5 Å². The van der Waals surface area contributed by atoms with Crippen molar-refractivity contribution in [2.45, 2.75) is 64.0 Å². The monoisotopic (exact) mass is 527 g/mol. The summed E-state index contributed by atoms with van der Waals surface area (Å²) in [4.78, 5) is 28.2. The van der Waals surface area contributed by atoms with Gasteiger partial charge in [0.15, 0.2) is 0 Å². The minimum atomic E-state index is -0.679. The highest BCUT2D eigenvalue weighted by atomic mass is 19.1. The summed E-state index contributed by atoms with van der Waals surface area (Å²) >= 11 is 0. The van der Waals surface area contributed by atoms with E-state index in [2.05, 4.69) is 15.6 Å². The van der Waals surface area contributed by atoms with Gasteiger partial charge in [-0.05, 0) is 106 Å². The Morgan fingerprint density at radius 2 is 1.74 bits per heavy atom. The normalized spacial score (nSPS) is 20.1. The van der Waals surface area contributed by atoms with E-state index in [1.165, 1.54) is 18.2 Å². The van der Waals surface area contributed by atoms with Crippen LogP contribution in [0.4, 0.5) is 18.0 Å². The molecule has 5 rings (SSSR count). The van der Waals surface area contributed by atoms with Gasteiger partial charge in [-0.15, -0.1) is 0 Å². The van der Waals surface area contributed by atoms with Crippen LogP contribution in [0.3, 0.4) is 0 Å². The molecule has 0 unspecified atom stereocenters. The van der Waals surface area contributed by atoms with Crippen molar-refractivity contribution >= 4 is 22.9 Å². The molecule has 202 valence electrons. The smallest absolute Gasteiger partial charge is 0.408 e. The van der Waals surface area contributed by atoms with Crippen LogP contribution in [-0.2, 0) is 9.53 Å². The molecule has 2 aromatic carbocycles. The van der Waals surface area contributed by atoms with Crippen LogP contribution in [0, 0.1) is 29.3 Å². The Hall–Kier alpha value is -3.49. The van der Waals surface area contributed by atoms with Gasteiger partial charge in [0.1, 0.15) is 29.1 Å². The van der Waals surface area contributed by atoms with E-state index in [1.54, 1.807) is 32.9 Å². The second kappa shape index (κ2) is 10.0. The van der Waals surface area contributed by atoms with Crippen molar-refractivity contribution in [1.29, 1.82) is 0 Å². The molecule has 1 heterocycles. The van der Waals surface area contributed by atoms with E-state index in [0.717, 1.165) is 24.5 Å². The van der Waals surface area contributed by atoms with E-state index < -0.39 is 29.4 Å². The molecule has 2 aliphatic rings. The quantitative estimate of drug-likeness (QED) is 0.344. The zero-order valence-corrected chi connectivity index (χ0v) is 21.7. The molecule has 3 N–H and O–H groups in total. The van der Waals surface area contributed by atoms with Crippen molar-refractivity contribution in [2.75, 3.05) is 6.54 Å². The number of alkyl carbamates (subject to hydrolysis) is 1. The third kappa shape index (κ3) is 5.66. The number of H-pyrrole nitrogens is 1. The molecule has 2 aliphatic carbocycles. The van der Waals surface area contributed by atoms with Crippen molar-refractivity contribution in [2.24, 2.45) is 11.8 Å². The number of aromatic amines is 1. The van der Waals surface area contributed by atoms with Crippen molar-refractivity contribution in [3.05, 3.63) is 59.4 Å². The number of halogens is 3. The zero-order valence-electron chi connectivity index (χ0n) is 21.7. The van der Waals surface area contributed by atoms with Crippen LogP contribution < -0.4 is 10.6 Å². The van der Waals surface area contributed by atoms with Gasteiger partial charge in [0.2, 0.25) is 5.91 Å². The predicted molar refractivity (Wildman–Crippen MR) is 138 cm³/mol. The lowest BCUT2D eigenvalue weighted by molar-refractivity contribution is -0.124. The Morgan fingerprint density at radius 1 is 1.05 bits per heavy atom. The van der Waals surface area contributed by atoms with Gasteiger partial charge in [-0.25, -0.2) is 18.0 Å². The molecule has 0 saturated heterocycles. The van der Waals surface area contributed by atoms with Gasteiger partial charge in [0.25, 0.3) is 0 Å². The third-order valence-electron chi connectivity index (χ3n) is 7.25. The molecule has 0 spiro atoms. The number of benzene rings is 2. The number of aromatic nitrogens is 1. The summed E-state index contributed by atoms with van der Waals surface area (Å²) in [5.74, 6) is -1.65. The molecule has 3 aromatic rings. The average Bonchev–Trinajstić information content (AvgIpc) is 3.57. The molecule has 1 aromatic heterocycles. The summed E-state index contributed by atoms with van der Waals surface area (Å²) in [6, 6.07) is 7.44. The topological polar surface area (TPSA) is 83.2 Å². The Bertz CT molecular complexity index is 1350. The maximum absolute atomic E-state index is 14.6.